The molecule has 0 aliphatic carbocycles. The maximum absolute atomic E-state index is 11.4. The van der Waals surface area contributed by atoms with Crippen LogP contribution in [0.2, 0.25) is 5.02 Å². The van der Waals surface area contributed by atoms with Gasteiger partial charge >= 0.3 is 5.97 Å². The minimum Gasteiger partial charge on any atom is -0.507 e. The van der Waals surface area contributed by atoms with E-state index in [0.717, 1.165) is 19.6 Å². The van der Waals surface area contributed by atoms with Crippen LogP contribution in [0.25, 0.3) is 5.76 Å². The minimum absolute atomic E-state index is 0.239. The van der Waals surface area contributed by atoms with E-state index in [9.17, 15) is 14.7 Å². The molecule has 0 radical (unpaired) electrons. The lowest BCUT2D eigenvalue weighted by Crippen LogP contribution is -2.13. The van der Waals surface area contributed by atoms with E-state index in [0.29, 0.717) is 17.4 Å². The Hall–Kier alpha value is -2.01. The molecule has 1 aromatic rings. The van der Waals surface area contributed by atoms with Gasteiger partial charge in [-0.3, -0.25) is 4.79 Å². The zero-order valence-corrected chi connectivity index (χ0v) is 11.9. The van der Waals surface area contributed by atoms with E-state index in [1.165, 1.54) is 6.07 Å². The maximum atomic E-state index is 11.4. The normalized spacial score (nSPS) is 11.1. The van der Waals surface area contributed by atoms with Crippen molar-refractivity contribution >= 4 is 29.1 Å². The Labute approximate surface area is 121 Å². The number of carbonyl (C=O) groups is 2. The van der Waals surface area contributed by atoms with Crippen molar-refractivity contribution in [2.24, 2.45) is 0 Å². The Morgan fingerprint density at radius 1 is 1.40 bits per heavy atom. The Morgan fingerprint density at radius 3 is 2.70 bits per heavy atom. The third-order valence-electron chi connectivity index (χ3n) is 2.33. The van der Waals surface area contributed by atoms with Crippen LogP contribution in [-0.4, -0.2) is 30.6 Å². The minimum atomic E-state index is -1.06. The average Bonchev–Trinajstić information content (AvgIpc) is 2.44. The van der Waals surface area contributed by atoms with E-state index in [-0.39, 0.29) is 5.56 Å². The first kappa shape index (κ1) is 16.0. The molecule has 0 saturated heterocycles. The van der Waals surface area contributed by atoms with Crippen molar-refractivity contribution in [1.29, 1.82) is 0 Å². The van der Waals surface area contributed by atoms with Crippen molar-refractivity contribution < 1.29 is 24.2 Å². The molecule has 0 atom stereocenters. The third-order valence-corrected chi connectivity index (χ3v) is 2.57. The second kappa shape index (κ2) is 7.55. The van der Waals surface area contributed by atoms with Gasteiger partial charge in [0, 0.05) is 11.1 Å². The number of halogens is 1. The van der Waals surface area contributed by atoms with Gasteiger partial charge in [0.1, 0.15) is 11.5 Å². The summed E-state index contributed by atoms with van der Waals surface area (Å²) >= 11 is 5.85. The monoisotopic (exact) mass is 298 g/mol. The molecule has 0 bridgehead atoms. The molecule has 0 saturated carbocycles. The lowest BCUT2D eigenvalue weighted by Gasteiger charge is -2.10. The predicted molar refractivity (Wildman–Crippen MR) is 74.9 cm³/mol. The fraction of sp³-hybridized carbons (Fsp3) is 0.286. The second-order valence-electron chi connectivity index (χ2n) is 3.87. The molecule has 0 spiro atoms. The van der Waals surface area contributed by atoms with Gasteiger partial charge in [0.25, 0.3) is 5.78 Å². The van der Waals surface area contributed by atoms with Gasteiger partial charge in [0.2, 0.25) is 0 Å². The molecule has 6 heteroatoms. The van der Waals surface area contributed by atoms with E-state index in [2.05, 4.69) is 4.74 Å². The number of ether oxygens (including phenoxy) is 2. The predicted octanol–water partition coefficient (Wildman–Crippen LogP) is 2.77. The number of rotatable bonds is 6. The van der Waals surface area contributed by atoms with Crippen molar-refractivity contribution in [2.45, 2.75) is 13.3 Å². The molecule has 0 heterocycles. The molecule has 20 heavy (non-hydrogen) atoms. The Bertz CT molecular complexity index is 536. The number of carbonyl (C=O) groups excluding carboxylic acids is 2. The molecule has 108 valence electrons. The van der Waals surface area contributed by atoms with Gasteiger partial charge in [-0.15, -0.1) is 0 Å². The molecule has 0 unspecified atom stereocenters. The number of esters is 1. The van der Waals surface area contributed by atoms with Crippen LogP contribution in [0.3, 0.4) is 0 Å². The summed E-state index contributed by atoms with van der Waals surface area (Å²) in [5.41, 5.74) is 0.239. The van der Waals surface area contributed by atoms with Crippen molar-refractivity contribution in [1.82, 2.24) is 0 Å². The Kier molecular flexibility index (Phi) is 6.06. The van der Waals surface area contributed by atoms with Crippen molar-refractivity contribution in [3.05, 3.63) is 34.9 Å². The van der Waals surface area contributed by atoms with Crippen LogP contribution in [0.15, 0.2) is 24.3 Å². The molecule has 0 aliphatic heterocycles. The zero-order chi connectivity index (χ0) is 15.1. The quantitative estimate of drug-likeness (QED) is 0.378. The Balaban J connectivity index is 3.09. The lowest BCUT2D eigenvalue weighted by atomic mass is 10.1. The first-order valence-corrected chi connectivity index (χ1v) is 6.33. The highest BCUT2D eigenvalue weighted by molar-refractivity contribution is 6.39. The number of ketones is 1. The van der Waals surface area contributed by atoms with Crippen LogP contribution in [-0.2, 0) is 14.3 Å². The maximum Gasteiger partial charge on any atom is 0.378 e. The highest BCUT2D eigenvalue weighted by Gasteiger charge is 2.15. The van der Waals surface area contributed by atoms with E-state index >= 15 is 0 Å². The van der Waals surface area contributed by atoms with Crippen LogP contribution in [0.5, 0.6) is 5.75 Å². The standard InChI is InChI=1S/C14H15ClO5/c1-3-6-20-13-5-4-9(15)7-10(13)11(16)8-12(17)14(18)19-2/h4-5,7-8,16H,3,6H2,1-2H3/b11-8-. The summed E-state index contributed by atoms with van der Waals surface area (Å²) < 4.78 is 9.71. The van der Waals surface area contributed by atoms with Crippen molar-refractivity contribution in [3.63, 3.8) is 0 Å². The van der Waals surface area contributed by atoms with Crippen LogP contribution in [0.1, 0.15) is 18.9 Å². The van der Waals surface area contributed by atoms with E-state index in [1.807, 2.05) is 6.92 Å². The van der Waals surface area contributed by atoms with Crippen LogP contribution in [0, 0.1) is 0 Å². The second-order valence-corrected chi connectivity index (χ2v) is 4.31. The molecular weight excluding hydrogens is 284 g/mol. The Morgan fingerprint density at radius 2 is 2.10 bits per heavy atom. The van der Waals surface area contributed by atoms with Gasteiger partial charge in [-0.05, 0) is 24.6 Å². The fourth-order valence-electron chi connectivity index (χ4n) is 1.40. The summed E-state index contributed by atoms with van der Waals surface area (Å²) in [6.07, 6.45) is 1.56. The molecular formula is C14H15ClO5. The smallest absolute Gasteiger partial charge is 0.378 e. The van der Waals surface area contributed by atoms with Gasteiger partial charge in [-0.25, -0.2) is 4.79 Å². The highest BCUT2D eigenvalue weighted by Crippen LogP contribution is 2.28. The van der Waals surface area contributed by atoms with E-state index in [4.69, 9.17) is 16.3 Å². The molecule has 1 N–H and O–H groups in total. The van der Waals surface area contributed by atoms with Crippen LogP contribution < -0.4 is 4.74 Å². The summed E-state index contributed by atoms with van der Waals surface area (Å²) in [5, 5.41) is 10.3. The average molecular weight is 299 g/mol. The molecule has 1 aromatic carbocycles. The number of aliphatic hydroxyl groups excluding tert-OH is 1. The van der Waals surface area contributed by atoms with Crippen molar-refractivity contribution in [3.8, 4) is 5.75 Å². The summed E-state index contributed by atoms with van der Waals surface area (Å²) in [4.78, 5) is 22.4. The van der Waals surface area contributed by atoms with E-state index < -0.39 is 17.5 Å². The first-order chi connectivity index (χ1) is 9.49. The van der Waals surface area contributed by atoms with Gasteiger partial charge in [-0.1, -0.05) is 18.5 Å². The zero-order valence-electron chi connectivity index (χ0n) is 11.2. The lowest BCUT2D eigenvalue weighted by molar-refractivity contribution is -0.149. The van der Waals surface area contributed by atoms with Gasteiger partial charge < -0.3 is 14.6 Å². The molecule has 0 aromatic heterocycles. The summed E-state index contributed by atoms with van der Waals surface area (Å²) in [6.45, 7) is 2.39. The van der Waals surface area contributed by atoms with Gasteiger partial charge in [-0.2, -0.15) is 0 Å². The summed E-state index contributed by atoms with van der Waals surface area (Å²) in [7, 11) is 1.08. The van der Waals surface area contributed by atoms with E-state index in [1.54, 1.807) is 12.1 Å². The van der Waals surface area contributed by atoms with Crippen LogP contribution >= 0.6 is 11.6 Å². The number of benzene rings is 1. The first-order valence-electron chi connectivity index (χ1n) is 5.95. The third kappa shape index (κ3) is 4.28. The van der Waals surface area contributed by atoms with Crippen LogP contribution in [0.4, 0.5) is 0 Å². The van der Waals surface area contributed by atoms with Crippen molar-refractivity contribution in [2.75, 3.05) is 13.7 Å². The molecule has 0 aliphatic rings. The van der Waals surface area contributed by atoms with Gasteiger partial charge in [0.05, 0.1) is 19.3 Å². The molecule has 0 fully saturated rings. The summed E-state index contributed by atoms with van der Waals surface area (Å²) in [6, 6.07) is 4.63. The number of hydrogen-bond donors (Lipinski definition) is 1. The molecule has 5 nitrogen and oxygen atoms in total. The summed E-state index contributed by atoms with van der Waals surface area (Å²) in [5.74, 6) is -2.06. The molecule has 1 rings (SSSR count). The highest BCUT2D eigenvalue weighted by atomic mass is 35.5. The van der Waals surface area contributed by atoms with Gasteiger partial charge in [0.15, 0.2) is 0 Å². The number of methoxy groups -OCH3 is 1. The largest absolute Gasteiger partial charge is 0.507 e. The fourth-order valence-corrected chi connectivity index (χ4v) is 1.57. The molecule has 0 amide bonds. The topological polar surface area (TPSA) is 72.8 Å². The SMILES string of the molecule is CCCOc1ccc(Cl)cc1/C(O)=C/C(=O)C(=O)OC. The number of aliphatic hydroxyl groups is 1. The number of hydrogen-bond acceptors (Lipinski definition) is 5.